The van der Waals surface area contributed by atoms with Crippen molar-refractivity contribution >= 4 is 21.2 Å². The minimum atomic E-state index is -3.83. The van der Waals surface area contributed by atoms with E-state index in [0.29, 0.717) is 28.7 Å². The molecule has 6 nitrogen and oxygen atoms in total. The molecule has 0 radical (unpaired) electrons. The van der Waals surface area contributed by atoms with Crippen molar-refractivity contribution in [2.45, 2.75) is 36.7 Å². The highest BCUT2D eigenvalue weighted by Crippen LogP contribution is 2.50. The quantitative estimate of drug-likeness (QED) is 0.779. The Morgan fingerprint density at radius 1 is 1.17 bits per heavy atom. The summed E-state index contributed by atoms with van der Waals surface area (Å²) < 4.78 is 25.3. The summed E-state index contributed by atoms with van der Waals surface area (Å²) in [7, 11) is -3.83. The maximum atomic E-state index is 13.3. The molecule has 0 bridgehead atoms. The number of aliphatic hydroxyl groups excluding tert-OH is 2. The summed E-state index contributed by atoms with van der Waals surface area (Å²) in [5.41, 5.74) is 4.32. The van der Waals surface area contributed by atoms with E-state index in [1.54, 1.807) is 12.1 Å². The summed E-state index contributed by atoms with van der Waals surface area (Å²) in [6.07, 6.45) is -0.841. The number of benzene rings is 2. The summed E-state index contributed by atoms with van der Waals surface area (Å²) in [4.78, 5) is 13.4. The smallest absolute Gasteiger partial charge is 0.193 e. The molecule has 0 spiro atoms. The van der Waals surface area contributed by atoms with E-state index in [9.17, 15) is 23.6 Å². The number of hydrogen-bond acceptors (Lipinski definition) is 6. The van der Waals surface area contributed by atoms with Crippen molar-refractivity contribution in [3.8, 4) is 6.07 Å². The van der Waals surface area contributed by atoms with Gasteiger partial charge in [-0.25, -0.2) is 8.42 Å². The highest BCUT2D eigenvalue weighted by molar-refractivity contribution is 7.91. The Morgan fingerprint density at radius 3 is 2.53 bits per heavy atom. The Kier molecular flexibility index (Phi) is 4.70. The number of nitrogens with zero attached hydrogens (tertiary/aromatic N) is 1. The zero-order chi connectivity index (χ0) is 21.8. The first-order valence-electron chi connectivity index (χ1n) is 9.58. The second-order valence-corrected chi connectivity index (χ2v) is 10.3. The number of hydrogen-bond donors (Lipinski definition) is 2. The third-order valence-corrected chi connectivity index (χ3v) is 7.84. The predicted molar refractivity (Wildman–Crippen MR) is 111 cm³/mol. The van der Waals surface area contributed by atoms with Gasteiger partial charge in [-0.3, -0.25) is 4.79 Å². The van der Waals surface area contributed by atoms with Crippen LogP contribution in [0.5, 0.6) is 0 Å². The third-order valence-electron chi connectivity index (χ3n) is 6.04. The molecule has 2 N–H and O–H groups in total. The number of carbonyl (C=O) groups excluding carboxylic acids is 1. The molecule has 7 heteroatoms. The van der Waals surface area contributed by atoms with Crippen LogP contribution in [0.3, 0.4) is 0 Å². The third kappa shape index (κ3) is 3.00. The number of ketones is 1. The van der Waals surface area contributed by atoms with Crippen molar-refractivity contribution in [3.63, 3.8) is 0 Å². The fraction of sp³-hybridized carbons (Fsp3) is 0.304. The van der Waals surface area contributed by atoms with Crippen molar-refractivity contribution in [2.24, 2.45) is 0 Å². The Balaban J connectivity index is 1.83. The van der Waals surface area contributed by atoms with Crippen molar-refractivity contribution in [3.05, 3.63) is 69.8 Å². The first kappa shape index (κ1) is 20.5. The van der Waals surface area contributed by atoms with Gasteiger partial charge in [0.1, 0.15) is 0 Å². The van der Waals surface area contributed by atoms with Gasteiger partial charge in [-0.05, 0) is 59.0 Å². The largest absolute Gasteiger partial charge is 0.394 e. The average molecular weight is 423 g/mol. The SMILES string of the molecule is CC1(C)C2=C(C(=O)c3ccc(S(=O)(=O)CC(O)CO)cc31)c1ccc(C#N)cc1C2. The van der Waals surface area contributed by atoms with Gasteiger partial charge in [-0.2, -0.15) is 5.26 Å². The van der Waals surface area contributed by atoms with Gasteiger partial charge in [-0.15, -0.1) is 0 Å². The second-order valence-electron chi connectivity index (χ2n) is 8.29. The lowest BCUT2D eigenvalue weighted by molar-refractivity contribution is 0.105. The monoisotopic (exact) mass is 423 g/mol. The molecule has 0 aromatic heterocycles. The number of allylic oxidation sites excluding steroid dienone is 2. The molecule has 0 saturated carbocycles. The number of sulfone groups is 1. The molecular formula is C23H21NO5S. The molecule has 2 aliphatic rings. The lowest BCUT2D eigenvalue weighted by Crippen LogP contribution is -2.30. The molecule has 0 amide bonds. The molecule has 154 valence electrons. The molecule has 30 heavy (non-hydrogen) atoms. The van der Waals surface area contributed by atoms with Crippen LogP contribution in [0.15, 0.2) is 46.9 Å². The van der Waals surface area contributed by atoms with Gasteiger partial charge in [0, 0.05) is 16.6 Å². The molecule has 1 unspecified atom stereocenters. The fourth-order valence-corrected chi connectivity index (χ4v) is 5.80. The summed E-state index contributed by atoms with van der Waals surface area (Å²) in [6.45, 7) is 3.28. The van der Waals surface area contributed by atoms with E-state index in [1.165, 1.54) is 18.2 Å². The van der Waals surface area contributed by atoms with Gasteiger partial charge in [0.05, 0.1) is 35.0 Å². The number of aliphatic hydroxyl groups is 2. The number of nitriles is 1. The Morgan fingerprint density at radius 2 is 1.87 bits per heavy atom. The lowest BCUT2D eigenvalue weighted by Gasteiger charge is -2.34. The lowest BCUT2D eigenvalue weighted by atomic mass is 9.68. The number of Topliss-reactive ketones (excluding diaryl/α,β-unsaturated/α-hetero) is 1. The van der Waals surface area contributed by atoms with Crippen LogP contribution < -0.4 is 0 Å². The van der Waals surface area contributed by atoms with Gasteiger partial charge < -0.3 is 10.2 Å². The zero-order valence-corrected chi connectivity index (χ0v) is 17.5. The standard InChI is InChI=1S/C23H21NO5S/c1-23(2)19-9-16(30(28,29)12-15(26)11-25)4-6-18(19)22(27)21-17-5-3-13(10-24)7-14(17)8-20(21)23/h3-7,9,15,25-26H,8,11-12H2,1-2H3. The van der Waals surface area contributed by atoms with Crippen molar-refractivity contribution in [2.75, 3.05) is 12.4 Å². The molecule has 0 saturated heterocycles. The minimum absolute atomic E-state index is 0.0148. The fourth-order valence-electron chi connectivity index (χ4n) is 4.42. The van der Waals surface area contributed by atoms with Gasteiger partial charge >= 0.3 is 0 Å². The van der Waals surface area contributed by atoms with Crippen molar-refractivity contribution < 1.29 is 23.4 Å². The molecule has 4 rings (SSSR count). The summed E-state index contributed by atoms with van der Waals surface area (Å²) in [6, 6.07) is 11.9. The molecule has 2 aliphatic carbocycles. The molecule has 0 heterocycles. The topological polar surface area (TPSA) is 115 Å². The van der Waals surface area contributed by atoms with Gasteiger partial charge in [0.25, 0.3) is 0 Å². The van der Waals surface area contributed by atoms with E-state index in [1.807, 2.05) is 19.9 Å². The molecule has 1 atom stereocenters. The number of rotatable bonds is 4. The molecule has 0 fully saturated rings. The van der Waals surface area contributed by atoms with E-state index in [-0.39, 0.29) is 10.7 Å². The van der Waals surface area contributed by atoms with Gasteiger partial charge in [-0.1, -0.05) is 19.9 Å². The summed E-state index contributed by atoms with van der Waals surface area (Å²) in [5.74, 6) is -0.741. The Bertz CT molecular complexity index is 1260. The normalized spacial score (nSPS) is 17.8. The molecule has 0 aliphatic heterocycles. The van der Waals surface area contributed by atoms with Gasteiger partial charge in [0.15, 0.2) is 15.6 Å². The van der Waals surface area contributed by atoms with Gasteiger partial charge in [0.2, 0.25) is 0 Å². The summed E-state index contributed by atoms with van der Waals surface area (Å²) in [5, 5.41) is 27.8. The molecule has 2 aromatic rings. The Hall–Kier alpha value is -2.79. The highest BCUT2D eigenvalue weighted by Gasteiger charge is 2.43. The van der Waals surface area contributed by atoms with Crippen molar-refractivity contribution in [1.82, 2.24) is 0 Å². The maximum Gasteiger partial charge on any atom is 0.193 e. The van der Waals surface area contributed by atoms with Crippen LogP contribution in [0.1, 0.15) is 46.5 Å². The summed E-state index contributed by atoms with van der Waals surface area (Å²) >= 11 is 0. The first-order valence-corrected chi connectivity index (χ1v) is 11.2. The maximum absolute atomic E-state index is 13.3. The zero-order valence-electron chi connectivity index (χ0n) is 16.6. The van der Waals surface area contributed by atoms with E-state index in [2.05, 4.69) is 6.07 Å². The first-order chi connectivity index (χ1) is 14.1. The van der Waals surface area contributed by atoms with E-state index in [4.69, 9.17) is 5.11 Å². The van der Waals surface area contributed by atoms with Crippen LogP contribution in [0.4, 0.5) is 0 Å². The van der Waals surface area contributed by atoms with Crippen LogP contribution in [0.25, 0.3) is 5.57 Å². The van der Waals surface area contributed by atoms with Crippen LogP contribution in [-0.4, -0.2) is 42.9 Å². The van der Waals surface area contributed by atoms with E-state index >= 15 is 0 Å². The number of fused-ring (bicyclic) bond motifs is 3. The minimum Gasteiger partial charge on any atom is -0.394 e. The molecular weight excluding hydrogens is 402 g/mol. The van der Waals surface area contributed by atoms with E-state index < -0.39 is 33.7 Å². The average Bonchev–Trinajstić information content (AvgIpc) is 3.11. The Labute approximate surface area is 175 Å². The van der Waals surface area contributed by atoms with Crippen LogP contribution in [0, 0.1) is 11.3 Å². The predicted octanol–water partition coefficient (Wildman–Crippen LogP) is 2.17. The number of carbonyl (C=O) groups is 1. The van der Waals surface area contributed by atoms with Crippen LogP contribution >= 0.6 is 0 Å². The molecule has 2 aromatic carbocycles. The highest BCUT2D eigenvalue weighted by atomic mass is 32.2. The van der Waals surface area contributed by atoms with Crippen LogP contribution in [0.2, 0.25) is 0 Å². The van der Waals surface area contributed by atoms with E-state index in [0.717, 1.165) is 16.7 Å². The second kappa shape index (κ2) is 6.88. The van der Waals surface area contributed by atoms with Crippen LogP contribution in [-0.2, 0) is 21.7 Å². The van der Waals surface area contributed by atoms with Crippen molar-refractivity contribution in [1.29, 1.82) is 5.26 Å².